The molecular weight excluding hydrogens is 336 g/mol. The molecule has 0 radical (unpaired) electrons. The second-order valence-electron chi connectivity index (χ2n) is 5.46. The van der Waals surface area contributed by atoms with Crippen molar-refractivity contribution in [1.82, 2.24) is 0 Å². The normalized spacial score (nSPS) is 20.8. The molecule has 3 nitrogen and oxygen atoms in total. The molecule has 1 N–H and O–H groups in total. The van der Waals surface area contributed by atoms with Crippen molar-refractivity contribution in [3.8, 4) is 5.75 Å². The van der Waals surface area contributed by atoms with Gasteiger partial charge in [0.2, 0.25) is 0 Å². The summed E-state index contributed by atoms with van der Waals surface area (Å²) in [6.07, 6.45) is 6.51. The Morgan fingerprint density at radius 2 is 2.10 bits per heavy atom. The molecule has 0 bridgehead atoms. The van der Waals surface area contributed by atoms with Gasteiger partial charge >= 0.3 is 0 Å². The Hall–Kier alpha value is -0.680. The molecule has 20 heavy (non-hydrogen) atoms. The highest BCUT2D eigenvalue weighted by atomic mass is 79.9. The number of thioether (sulfide) groups is 1. The van der Waals surface area contributed by atoms with Crippen LogP contribution in [0, 0.1) is 0 Å². The van der Waals surface area contributed by atoms with Crippen LogP contribution in [-0.4, -0.2) is 23.6 Å². The van der Waals surface area contributed by atoms with Crippen molar-refractivity contribution in [1.29, 1.82) is 0 Å². The van der Waals surface area contributed by atoms with Crippen molar-refractivity contribution < 1.29 is 4.74 Å². The summed E-state index contributed by atoms with van der Waals surface area (Å²) in [6, 6.07) is 6.04. The van der Waals surface area contributed by atoms with E-state index in [-0.39, 0.29) is 5.54 Å². The van der Waals surface area contributed by atoms with Gasteiger partial charge < -0.3 is 10.1 Å². The minimum atomic E-state index is 0.213. The molecule has 5 heteroatoms. The highest BCUT2D eigenvalue weighted by molar-refractivity contribution is 9.10. The summed E-state index contributed by atoms with van der Waals surface area (Å²) in [5.74, 6) is 1.97. The molecule has 1 aromatic carbocycles. The molecule has 0 unspecified atom stereocenters. The second-order valence-corrected chi connectivity index (χ2v) is 7.28. The first-order valence-electron chi connectivity index (χ1n) is 7.04. The second kappa shape index (κ2) is 5.98. The Morgan fingerprint density at radius 1 is 1.30 bits per heavy atom. The van der Waals surface area contributed by atoms with Gasteiger partial charge in [-0.2, -0.15) is 0 Å². The Morgan fingerprint density at radius 3 is 2.85 bits per heavy atom. The fourth-order valence-corrected chi connectivity index (χ4v) is 4.49. The van der Waals surface area contributed by atoms with Crippen molar-refractivity contribution in [2.24, 2.45) is 4.99 Å². The summed E-state index contributed by atoms with van der Waals surface area (Å²) >= 11 is 5.32. The van der Waals surface area contributed by atoms with Crippen molar-refractivity contribution in [2.75, 3.05) is 18.2 Å². The monoisotopic (exact) mass is 354 g/mol. The van der Waals surface area contributed by atoms with E-state index in [1.165, 1.54) is 32.1 Å². The molecule has 108 valence electrons. The van der Waals surface area contributed by atoms with E-state index in [9.17, 15) is 0 Å². The van der Waals surface area contributed by atoms with Crippen LogP contribution in [0.1, 0.15) is 32.1 Å². The van der Waals surface area contributed by atoms with Crippen LogP contribution in [0.25, 0.3) is 0 Å². The van der Waals surface area contributed by atoms with Gasteiger partial charge in [-0.15, -0.1) is 0 Å². The van der Waals surface area contributed by atoms with Crippen LogP contribution in [0.3, 0.4) is 0 Å². The third-order valence-electron chi connectivity index (χ3n) is 4.00. The summed E-state index contributed by atoms with van der Waals surface area (Å²) in [4.78, 5) is 4.97. The highest BCUT2D eigenvalue weighted by Crippen LogP contribution is 2.40. The van der Waals surface area contributed by atoms with E-state index in [1.54, 1.807) is 7.11 Å². The maximum atomic E-state index is 5.33. The molecule has 3 rings (SSSR count). The van der Waals surface area contributed by atoms with Crippen molar-refractivity contribution in [3.05, 3.63) is 22.7 Å². The SMILES string of the molecule is COc1cc(NC2=NC3(CCCCC3)CS2)ccc1Br. The van der Waals surface area contributed by atoms with Gasteiger partial charge in [0.1, 0.15) is 5.75 Å². The van der Waals surface area contributed by atoms with Crippen LogP contribution in [0.2, 0.25) is 0 Å². The molecule has 2 aliphatic rings. The van der Waals surface area contributed by atoms with Crippen LogP contribution in [0.5, 0.6) is 5.75 Å². The summed E-state index contributed by atoms with van der Waals surface area (Å²) < 4.78 is 6.29. The van der Waals surface area contributed by atoms with Gasteiger partial charge in [0, 0.05) is 17.5 Å². The van der Waals surface area contributed by atoms with E-state index >= 15 is 0 Å². The van der Waals surface area contributed by atoms with Gasteiger partial charge in [-0.25, -0.2) is 0 Å². The van der Waals surface area contributed by atoms with Crippen molar-refractivity contribution in [2.45, 2.75) is 37.6 Å². The molecule has 1 spiro atoms. The van der Waals surface area contributed by atoms with Crippen LogP contribution < -0.4 is 10.1 Å². The number of nitrogens with one attached hydrogen (secondary N) is 1. The highest BCUT2D eigenvalue weighted by Gasteiger charge is 2.36. The van der Waals surface area contributed by atoms with Crippen LogP contribution in [0.15, 0.2) is 27.7 Å². The number of methoxy groups -OCH3 is 1. The largest absolute Gasteiger partial charge is 0.495 e. The zero-order valence-electron chi connectivity index (χ0n) is 11.6. The van der Waals surface area contributed by atoms with E-state index in [1.807, 2.05) is 30.0 Å². The van der Waals surface area contributed by atoms with Crippen LogP contribution in [0.4, 0.5) is 5.69 Å². The molecule has 1 fully saturated rings. The predicted octanol–water partition coefficient (Wildman–Crippen LogP) is 4.68. The molecule has 0 saturated heterocycles. The zero-order chi connectivity index (χ0) is 14.0. The van der Waals surface area contributed by atoms with Gasteiger partial charge in [0.25, 0.3) is 0 Å². The predicted molar refractivity (Wildman–Crippen MR) is 90.0 cm³/mol. The summed E-state index contributed by atoms with van der Waals surface area (Å²) in [6.45, 7) is 0. The Balaban J connectivity index is 1.73. The number of anilines is 1. The number of rotatable bonds is 2. The zero-order valence-corrected chi connectivity index (χ0v) is 14.0. The van der Waals surface area contributed by atoms with E-state index in [0.717, 1.165) is 26.8 Å². The third-order valence-corrected chi connectivity index (χ3v) is 5.81. The Labute approximate surface area is 132 Å². The smallest absolute Gasteiger partial charge is 0.161 e. The number of nitrogens with zero attached hydrogens (tertiary/aromatic N) is 1. The lowest BCUT2D eigenvalue weighted by atomic mass is 9.84. The number of benzene rings is 1. The van der Waals surface area contributed by atoms with E-state index < -0.39 is 0 Å². The summed E-state index contributed by atoms with van der Waals surface area (Å²) in [5, 5.41) is 4.48. The number of amidine groups is 1. The number of hydrogen-bond acceptors (Lipinski definition) is 4. The molecule has 0 aromatic heterocycles. The van der Waals surface area contributed by atoms with E-state index in [4.69, 9.17) is 9.73 Å². The topological polar surface area (TPSA) is 33.6 Å². The van der Waals surface area contributed by atoms with Crippen LogP contribution in [-0.2, 0) is 0 Å². The molecule has 0 atom stereocenters. The minimum absolute atomic E-state index is 0.213. The third kappa shape index (κ3) is 2.98. The first-order valence-corrected chi connectivity index (χ1v) is 8.82. The fraction of sp³-hybridized carbons (Fsp3) is 0.533. The molecule has 1 aliphatic heterocycles. The average molecular weight is 355 g/mol. The molecule has 1 heterocycles. The van der Waals surface area contributed by atoms with Gasteiger partial charge in [-0.1, -0.05) is 31.0 Å². The number of hydrogen-bond donors (Lipinski definition) is 1. The average Bonchev–Trinajstić information content (AvgIpc) is 2.84. The van der Waals surface area contributed by atoms with Crippen molar-refractivity contribution >= 4 is 38.5 Å². The summed E-state index contributed by atoms with van der Waals surface area (Å²) in [7, 11) is 1.68. The molecule has 1 aliphatic carbocycles. The molecule has 1 saturated carbocycles. The van der Waals surface area contributed by atoms with Gasteiger partial charge in [0.05, 0.1) is 17.1 Å². The Bertz CT molecular complexity index is 527. The first-order chi connectivity index (χ1) is 9.71. The number of aliphatic imine (C=N–C) groups is 1. The molecular formula is C15H19BrN2OS. The number of halogens is 1. The first kappa shape index (κ1) is 14.3. The number of ether oxygens (including phenoxy) is 1. The Kier molecular flexibility index (Phi) is 4.26. The lowest BCUT2D eigenvalue weighted by molar-refractivity contribution is 0.335. The molecule has 0 amide bonds. The lowest BCUT2D eigenvalue weighted by Gasteiger charge is -2.29. The van der Waals surface area contributed by atoms with Crippen molar-refractivity contribution in [3.63, 3.8) is 0 Å². The minimum Gasteiger partial charge on any atom is -0.495 e. The maximum absolute atomic E-state index is 5.33. The lowest BCUT2D eigenvalue weighted by Crippen LogP contribution is -2.29. The van der Waals surface area contributed by atoms with E-state index in [2.05, 4.69) is 21.2 Å². The van der Waals surface area contributed by atoms with Gasteiger partial charge in [0.15, 0.2) is 5.17 Å². The molecule has 1 aromatic rings. The quantitative estimate of drug-likeness (QED) is 0.837. The van der Waals surface area contributed by atoms with E-state index in [0.29, 0.717) is 0 Å². The van der Waals surface area contributed by atoms with Crippen LogP contribution >= 0.6 is 27.7 Å². The standard InChI is InChI=1S/C15H19BrN2OS/c1-19-13-9-11(5-6-12(13)16)17-14-18-15(10-20-14)7-3-2-4-8-15/h5-6,9H,2-4,7-8,10H2,1H3,(H,17,18). The van der Waals surface area contributed by atoms with Gasteiger partial charge in [-0.05, 0) is 40.9 Å². The fourth-order valence-electron chi connectivity index (χ4n) is 2.87. The summed E-state index contributed by atoms with van der Waals surface area (Å²) in [5.41, 5.74) is 1.24. The van der Waals surface area contributed by atoms with Gasteiger partial charge in [-0.3, -0.25) is 4.99 Å². The maximum Gasteiger partial charge on any atom is 0.161 e.